The minimum absolute atomic E-state index is 0.506. The molecule has 0 aromatic carbocycles. The Kier molecular flexibility index (Phi) is 2.92. The lowest BCUT2D eigenvalue weighted by Gasteiger charge is -2.07. The van der Waals surface area contributed by atoms with Gasteiger partial charge in [0.1, 0.15) is 10.8 Å². The second kappa shape index (κ2) is 4.22. The van der Waals surface area contributed by atoms with Gasteiger partial charge in [0, 0.05) is 17.8 Å². The van der Waals surface area contributed by atoms with Crippen LogP contribution in [0.25, 0.3) is 11.5 Å². The monoisotopic (exact) mass is 236 g/mol. The Hall–Kier alpha value is -1.42. The number of hydrogen-bond donors (Lipinski definition) is 0. The first kappa shape index (κ1) is 11.1. The summed E-state index contributed by atoms with van der Waals surface area (Å²) in [5, 5.41) is 0.506. The Labute approximate surface area is 99.3 Å². The smallest absolute Gasteiger partial charge is 0.179 e. The molecule has 0 saturated carbocycles. The lowest BCUT2D eigenvalue weighted by molar-refractivity contribution is 0.763. The molecule has 0 amide bonds. The van der Waals surface area contributed by atoms with Crippen LogP contribution in [0.5, 0.6) is 0 Å². The van der Waals surface area contributed by atoms with Gasteiger partial charge in [0.05, 0.1) is 12.5 Å². The molecule has 0 radical (unpaired) electrons. The fourth-order valence-corrected chi connectivity index (χ4v) is 1.68. The molecule has 2 aromatic heterocycles. The van der Waals surface area contributed by atoms with E-state index in [-0.39, 0.29) is 0 Å². The van der Waals surface area contributed by atoms with Gasteiger partial charge in [-0.25, -0.2) is 15.0 Å². The van der Waals surface area contributed by atoms with E-state index in [1.54, 1.807) is 12.5 Å². The number of aromatic nitrogens is 4. The van der Waals surface area contributed by atoms with Crippen molar-refractivity contribution in [3.05, 3.63) is 28.9 Å². The summed E-state index contributed by atoms with van der Waals surface area (Å²) in [4.78, 5) is 12.8. The zero-order valence-electron chi connectivity index (χ0n) is 9.53. The Balaban J connectivity index is 2.57. The molecule has 5 heteroatoms. The van der Waals surface area contributed by atoms with Crippen molar-refractivity contribution >= 4 is 11.6 Å². The predicted molar refractivity (Wildman–Crippen MR) is 63.4 cm³/mol. The molecule has 0 bridgehead atoms. The average Bonchev–Trinajstić information content (AvgIpc) is 2.73. The van der Waals surface area contributed by atoms with Gasteiger partial charge >= 0.3 is 0 Å². The molecule has 0 aliphatic heterocycles. The molecule has 0 unspecified atom stereocenters. The van der Waals surface area contributed by atoms with E-state index in [2.05, 4.69) is 15.0 Å². The highest BCUT2D eigenvalue weighted by Gasteiger charge is 2.11. The maximum absolute atomic E-state index is 6.05. The van der Waals surface area contributed by atoms with E-state index < -0.39 is 0 Å². The lowest BCUT2D eigenvalue weighted by atomic mass is 10.2. The van der Waals surface area contributed by atoms with Gasteiger partial charge in [-0.3, -0.25) is 0 Å². The van der Waals surface area contributed by atoms with Gasteiger partial charge in [-0.2, -0.15) is 0 Å². The van der Waals surface area contributed by atoms with Crippen molar-refractivity contribution in [1.29, 1.82) is 0 Å². The first-order valence-electron chi connectivity index (χ1n) is 5.14. The van der Waals surface area contributed by atoms with Crippen LogP contribution in [-0.2, 0) is 6.54 Å². The van der Waals surface area contributed by atoms with E-state index >= 15 is 0 Å². The van der Waals surface area contributed by atoms with E-state index in [9.17, 15) is 0 Å². The second-order valence-electron chi connectivity index (χ2n) is 3.61. The maximum Gasteiger partial charge on any atom is 0.179 e. The predicted octanol–water partition coefficient (Wildman–Crippen LogP) is 2.63. The van der Waals surface area contributed by atoms with Crippen molar-refractivity contribution in [2.45, 2.75) is 27.3 Å². The van der Waals surface area contributed by atoms with Crippen LogP contribution in [-0.4, -0.2) is 19.5 Å². The minimum atomic E-state index is 0.506. The zero-order valence-corrected chi connectivity index (χ0v) is 10.3. The Morgan fingerprint density at radius 1 is 1.31 bits per heavy atom. The third-order valence-corrected chi connectivity index (χ3v) is 2.98. The lowest BCUT2D eigenvalue weighted by Crippen LogP contribution is -2.01. The Morgan fingerprint density at radius 2 is 2.06 bits per heavy atom. The van der Waals surface area contributed by atoms with E-state index in [0.717, 1.165) is 23.5 Å². The van der Waals surface area contributed by atoms with Crippen molar-refractivity contribution in [3.8, 4) is 11.5 Å². The van der Waals surface area contributed by atoms with Gasteiger partial charge < -0.3 is 4.57 Å². The van der Waals surface area contributed by atoms with Crippen molar-refractivity contribution < 1.29 is 0 Å². The number of hydrogen-bond acceptors (Lipinski definition) is 3. The topological polar surface area (TPSA) is 43.6 Å². The van der Waals surface area contributed by atoms with Crippen molar-refractivity contribution in [3.63, 3.8) is 0 Å². The molecule has 0 saturated heterocycles. The van der Waals surface area contributed by atoms with Crippen LogP contribution >= 0.6 is 11.6 Å². The summed E-state index contributed by atoms with van der Waals surface area (Å²) in [5.41, 5.74) is 2.72. The van der Waals surface area contributed by atoms with E-state index in [1.165, 1.54) is 0 Å². The third kappa shape index (κ3) is 1.80. The number of aryl methyl sites for hydroxylation is 2. The molecule has 0 spiro atoms. The first-order chi connectivity index (χ1) is 7.63. The van der Waals surface area contributed by atoms with Gasteiger partial charge in [0.2, 0.25) is 0 Å². The Bertz CT molecular complexity index is 495. The number of nitrogens with zero attached hydrogens (tertiary/aromatic N) is 4. The van der Waals surface area contributed by atoms with E-state index in [4.69, 9.17) is 11.6 Å². The summed E-state index contributed by atoms with van der Waals surface area (Å²) >= 11 is 6.05. The van der Waals surface area contributed by atoms with Gasteiger partial charge in [-0.05, 0) is 20.8 Å². The molecule has 84 valence electrons. The summed E-state index contributed by atoms with van der Waals surface area (Å²) in [6, 6.07) is 0. The quantitative estimate of drug-likeness (QED) is 0.753. The zero-order chi connectivity index (χ0) is 11.7. The Morgan fingerprint density at radius 3 is 2.69 bits per heavy atom. The van der Waals surface area contributed by atoms with Gasteiger partial charge in [-0.15, -0.1) is 0 Å². The van der Waals surface area contributed by atoms with E-state index in [0.29, 0.717) is 11.0 Å². The fraction of sp³-hybridized carbons (Fsp3) is 0.364. The standard InChI is InChI=1S/C11H13ClN4/c1-4-16-6-13-5-9(16)11-14-8(3)7(2)10(12)15-11/h5-6H,4H2,1-3H3. The molecular formula is C11H13ClN4. The van der Waals surface area contributed by atoms with Crippen LogP contribution in [0.15, 0.2) is 12.5 Å². The van der Waals surface area contributed by atoms with Gasteiger partial charge in [0.25, 0.3) is 0 Å². The summed E-state index contributed by atoms with van der Waals surface area (Å²) < 4.78 is 1.99. The summed E-state index contributed by atoms with van der Waals surface area (Å²) in [5.74, 6) is 0.632. The van der Waals surface area contributed by atoms with Gasteiger partial charge in [-0.1, -0.05) is 11.6 Å². The molecule has 2 aromatic rings. The summed E-state index contributed by atoms with van der Waals surface area (Å²) in [6.45, 7) is 6.73. The second-order valence-corrected chi connectivity index (χ2v) is 3.97. The van der Waals surface area contributed by atoms with Crippen LogP contribution in [0.3, 0.4) is 0 Å². The number of rotatable bonds is 2. The molecule has 0 atom stereocenters. The fourth-order valence-electron chi connectivity index (χ4n) is 1.47. The van der Waals surface area contributed by atoms with Crippen molar-refractivity contribution in [2.75, 3.05) is 0 Å². The highest BCUT2D eigenvalue weighted by molar-refractivity contribution is 6.30. The SMILES string of the molecule is CCn1cncc1-c1nc(C)c(C)c(Cl)n1. The highest BCUT2D eigenvalue weighted by atomic mass is 35.5. The normalized spacial score (nSPS) is 10.8. The van der Waals surface area contributed by atoms with Crippen LogP contribution < -0.4 is 0 Å². The summed E-state index contributed by atoms with van der Waals surface area (Å²) in [6.07, 6.45) is 3.52. The van der Waals surface area contributed by atoms with Crippen LogP contribution in [0.4, 0.5) is 0 Å². The third-order valence-electron chi connectivity index (χ3n) is 2.61. The molecule has 0 aliphatic rings. The maximum atomic E-state index is 6.05. The van der Waals surface area contributed by atoms with Crippen molar-refractivity contribution in [1.82, 2.24) is 19.5 Å². The van der Waals surface area contributed by atoms with Crippen LogP contribution in [0.1, 0.15) is 18.2 Å². The molecule has 0 N–H and O–H groups in total. The highest BCUT2D eigenvalue weighted by Crippen LogP contribution is 2.21. The number of imidazole rings is 1. The van der Waals surface area contributed by atoms with Crippen LogP contribution in [0, 0.1) is 13.8 Å². The molecule has 2 rings (SSSR count). The molecule has 4 nitrogen and oxygen atoms in total. The average molecular weight is 237 g/mol. The van der Waals surface area contributed by atoms with E-state index in [1.807, 2.05) is 25.3 Å². The molecule has 2 heterocycles. The molecule has 0 fully saturated rings. The largest absolute Gasteiger partial charge is 0.328 e. The number of halogens is 1. The molecule has 16 heavy (non-hydrogen) atoms. The summed E-state index contributed by atoms with van der Waals surface area (Å²) in [7, 11) is 0. The molecular weight excluding hydrogens is 224 g/mol. The van der Waals surface area contributed by atoms with Crippen LogP contribution in [0.2, 0.25) is 5.15 Å². The molecule has 0 aliphatic carbocycles. The first-order valence-corrected chi connectivity index (χ1v) is 5.52. The minimum Gasteiger partial charge on any atom is -0.328 e. The van der Waals surface area contributed by atoms with Gasteiger partial charge in [0.15, 0.2) is 5.82 Å². The van der Waals surface area contributed by atoms with Crippen molar-refractivity contribution in [2.24, 2.45) is 0 Å².